The molecule has 7 nitrogen and oxygen atoms in total. The number of nitrogens with one attached hydrogen (secondary N) is 3. The fourth-order valence-corrected chi connectivity index (χ4v) is 7.33. The first kappa shape index (κ1) is 30.2. The molecule has 0 radical (unpaired) electrons. The maximum absolute atomic E-state index is 15.0. The Labute approximate surface area is 248 Å². The molecule has 222 valence electrons. The van der Waals surface area contributed by atoms with E-state index in [1.807, 2.05) is 20.8 Å². The molecule has 2 fully saturated rings. The van der Waals surface area contributed by atoms with Gasteiger partial charge in [0.2, 0.25) is 11.8 Å². The zero-order valence-corrected chi connectivity index (χ0v) is 24.6. The SMILES string of the molecule is CC(C)(C)C[C@H]1N[C@@H](C(=O)NCCC2C[C@@H](O)[C@H](O)C2)[C@H](c2ccc(F)c(Cl)c2)[C@@]12C(=O)Nc1cc(Cl)c(F)cc12. The lowest BCUT2D eigenvalue weighted by Crippen LogP contribution is -2.49. The maximum Gasteiger partial charge on any atom is 0.237 e. The molecule has 5 N–H and O–H groups in total. The van der Waals surface area contributed by atoms with Gasteiger partial charge in [0.25, 0.3) is 0 Å². The fraction of sp³-hybridized carbons (Fsp3) is 0.533. The molecule has 1 saturated heterocycles. The number of aliphatic hydroxyl groups excluding tert-OH is 2. The second-order valence-electron chi connectivity index (χ2n) is 12.8. The number of carbonyl (C=O) groups is 2. The third-order valence-corrected chi connectivity index (χ3v) is 9.31. The van der Waals surface area contributed by atoms with Crippen molar-refractivity contribution in [2.45, 2.75) is 82.1 Å². The van der Waals surface area contributed by atoms with Crippen LogP contribution in [0.3, 0.4) is 0 Å². The Bertz CT molecular complexity index is 1360. The van der Waals surface area contributed by atoms with Crippen LogP contribution in [0.15, 0.2) is 30.3 Å². The van der Waals surface area contributed by atoms with Gasteiger partial charge in [-0.3, -0.25) is 9.59 Å². The third-order valence-electron chi connectivity index (χ3n) is 8.73. The molecule has 5 rings (SSSR count). The summed E-state index contributed by atoms with van der Waals surface area (Å²) in [7, 11) is 0. The van der Waals surface area contributed by atoms with Gasteiger partial charge in [-0.15, -0.1) is 0 Å². The van der Waals surface area contributed by atoms with Crippen LogP contribution in [0.1, 0.15) is 63.5 Å². The number of carbonyl (C=O) groups excluding carboxylic acids is 2. The quantitative estimate of drug-likeness (QED) is 0.327. The van der Waals surface area contributed by atoms with Crippen molar-refractivity contribution >= 4 is 40.7 Å². The largest absolute Gasteiger partial charge is 0.390 e. The van der Waals surface area contributed by atoms with E-state index in [0.29, 0.717) is 49.0 Å². The molecule has 2 aromatic rings. The van der Waals surface area contributed by atoms with Crippen LogP contribution >= 0.6 is 23.2 Å². The van der Waals surface area contributed by atoms with E-state index in [1.165, 1.54) is 30.3 Å². The second-order valence-corrected chi connectivity index (χ2v) is 13.6. The average Bonchev–Trinajstić information content (AvgIpc) is 3.47. The van der Waals surface area contributed by atoms with Gasteiger partial charge in [-0.2, -0.15) is 0 Å². The summed E-state index contributed by atoms with van der Waals surface area (Å²) in [5.74, 6) is -2.93. The van der Waals surface area contributed by atoms with Crippen LogP contribution in [0.5, 0.6) is 0 Å². The van der Waals surface area contributed by atoms with Gasteiger partial charge >= 0.3 is 0 Å². The van der Waals surface area contributed by atoms with E-state index in [4.69, 9.17) is 23.2 Å². The van der Waals surface area contributed by atoms with E-state index in [2.05, 4.69) is 16.0 Å². The minimum Gasteiger partial charge on any atom is -0.390 e. The molecule has 0 unspecified atom stereocenters. The number of benzene rings is 2. The van der Waals surface area contributed by atoms with Gasteiger partial charge in [0.05, 0.1) is 28.3 Å². The molecule has 0 bridgehead atoms. The first-order valence-corrected chi connectivity index (χ1v) is 14.6. The summed E-state index contributed by atoms with van der Waals surface area (Å²) in [5.41, 5.74) is -0.530. The first-order valence-electron chi connectivity index (χ1n) is 13.9. The molecule has 6 atom stereocenters. The Hall–Kier alpha value is -2.30. The van der Waals surface area contributed by atoms with Crippen LogP contribution in [0, 0.1) is 23.0 Å². The molecule has 1 aliphatic carbocycles. The highest BCUT2D eigenvalue weighted by atomic mass is 35.5. The predicted molar refractivity (Wildman–Crippen MR) is 153 cm³/mol. The Kier molecular flexibility index (Phi) is 8.15. The molecule has 2 aliphatic heterocycles. The van der Waals surface area contributed by atoms with Crippen molar-refractivity contribution in [2.24, 2.45) is 11.3 Å². The molecule has 2 aromatic carbocycles. The van der Waals surface area contributed by atoms with Crippen molar-refractivity contribution < 1.29 is 28.6 Å². The zero-order valence-electron chi connectivity index (χ0n) is 23.1. The Morgan fingerprint density at radius 3 is 2.37 bits per heavy atom. The summed E-state index contributed by atoms with van der Waals surface area (Å²) >= 11 is 12.3. The van der Waals surface area contributed by atoms with Gasteiger partial charge in [0.1, 0.15) is 17.0 Å². The normalized spacial score (nSPS) is 29.7. The predicted octanol–water partition coefficient (Wildman–Crippen LogP) is 4.66. The molecular weight excluding hydrogens is 575 g/mol. The minimum atomic E-state index is -1.43. The molecule has 0 aromatic heterocycles. The van der Waals surface area contributed by atoms with E-state index in [0.717, 1.165) is 0 Å². The molecule has 1 saturated carbocycles. The summed E-state index contributed by atoms with van der Waals surface area (Å²) in [6.45, 7) is 6.34. The van der Waals surface area contributed by atoms with Crippen molar-refractivity contribution in [3.05, 3.63) is 63.1 Å². The number of anilines is 1. The number of amides is 2. The van der Waals surface area contributed by atoms with Gasteiger partial charge in [-0.05, 0) is 72.4 Å². The van der Waals surface area contributed by atoms with Crippen molar-refractivity contribution in [3.63, 3.8) is 0 Å². The number of fused-ring (bicyclic) bond motifs is 2. The van der Waals surface area contributed by atoms with Gasteiger partial charge in [0.15, 0.2) is 0 Å². The number of hydrogen-bond acceptors (Lipinski definition) is 5. The Morgan fingerprint density at radius 2 is 1.73 bits per heavy atom. The standard InChI is InChI=1S/C30H35Cl2F2N3O4/c1-29(2,3)13-24-30(16-11-20(34)18(32)12-21(16)36-28(30)41)25(15-4-5-19(33)17(31)10-15)26(37-24)27(40)35-7-6-14-8-22(38)23(39)9-14/h4-5,10-12,14,22-26,37-39H,6-9,13H2,1-3H3,(H,35,40)(H,36,41)/t22-,23-,24-,25+,26-,30+/m1/s1. The number of rotatable bonds is 6. The van der Waals surface area contributed by atoms with E-state index >= 15 is 0 Å². The summed E-state index contributed by atoms with van der Waals surface area (Å²) in [5, 5.41) is 28.7. The van der Waals surface area contributed by atoms with E-state index in [1.54, 1.807) is 0 Å². The molecule has 2 amide bonds. The molecule has 1 spiro atoms. The lowest BCUT2D eigenvalue weighted by molar-refractivity contribution is -0.123. The zero-order chi connectivity index (χ0) is 29.9. The van der Waals surface area contributed by atoms with E-state index in [-0.39, 0.29) is 27.3 Å². The average molecular weight is 611 g/mol. The highest BCUT2D eigenvalue weighted by Crippen LogP contribution is 2.57. The lowest BCUT2D eigenvalue weighted by Gasteiger charge is -2.37. The Balaban J connectivity index is 1.58. The van der Waals surface area contributed by atoms with Gasteiger partial charge in [-0.25, -0.2) is 8.78 Å². The summed E-state index contributed by atoms with van der Waals surface area (Å²) in [6, 6.07) is 5.21. The van der Waals surface area contributed by atoms with Crippen molar-refractivity contribution in [3.8, 4) is 0 Å². The third kappa shape index (κ3) is 5.47. The smallest absolute Gasteiger partial charge is 0.237 e. The maximum atomic E-state index is 15.0. The summed E-state index contributed by atoms with van der Waals surface area (Å²) in [6.07, 6.45) is 0.384. The highest BCUT2D eigenvalue weighted by molar-refractivity contribution is 6.31. The van der Waals surface area contributed by atoms with Gasteiger partial charge in [0, 0.05) is 24.2 Å². The number of hydrogen-bond donors (Lipinski definition) is 5. The van der Waals surface area contributed by atoms with Crippen molar-refractivity contribution in [1.82, 2.24) is 10.6 Å². The van der Waals surface area contributed by atoms with Crippen LogP contribution in [-0.2, 0) is 15.0 Å². The second kappa shape index (κ2) is 11.1. The Morgan fingerprint density at radius 1 is 1.07 bits per heavy atom. The van der Waals surface area contributed by atoms with Gasteiger partial charge in [-0.1, -0.05) is 50.0 Å². The van der Waals surface area contributed by atoms with Crippen molar-refractivity contribution in [1.29, 1.82) is 0 Å². The van der Waals surface area contributed by atoms with Crippen LogP contribution in [-0.4, -0.2) is 52.9 Å². The minimum absolute atomic E-state index is 0.0590. The molecular formula is C30H35Cl2F2N3O4. The summed E-state index contributed by atoms with van der Waals surface area (Å²) in [4.78, 5) is 28.0. The van der Waals surface area contributed by atoms with E-state index in [9.17, 15) is 28.6 Å². The fourth-order valence-electron chi connectivity index (χ4n) is 6.98. The summed E-state index contributed by atoms with van der Waals surface area (Å²) < 4.78 is 29.3. The lowest BCUT2D eigenvalue weighted by atomic mass is 9.62. The monoisotopic (exact) mass is 609 g/mol. The van der Waals surface area contributed by atoms with Crippen LogP contribution < -0.4 is 16.0 Å². The van der Waals surface area contributed by atoms with Crippen LogP contribution in [0.25, 0.3) is 0 Å². The topological polar surface area (TPSA) is 111 Å². The molecule has 3 aliphatic rings. The molecule has 11 heteroatoms. The highest BCUT2D eigenvalue weighted by Gasteiger charge is 2.66. The molecule has 2 heterocycles. The van der Waals surface area contributed by atoms with Crippen LogP contribution in [0.4, 0.5) is 14.5 Å². The van der Waals surface area contributed by atoms with Crippen LogP contribution in [0.2, 0.25) is 10.0 Å². The molecule has 41 heavy (non-hydrogen) atoms. The van der Waals surface area contributed by atoms with Gasteiger partial charge < -0.3 is 26.2 Å². The van der Waals surface area contributed by atoms with E-state index < -0.39 is 53.2 Å². The number of halogens is 4. The van der Waals surface area contributed by atoms with Crippen molar-refractivity contribution in [2.75, 3.05) is 11.9 Å². The first-order chi connectivity index (χ1) is 19.2. The number of aliphatic hydroxyl groups is 2.